The number of imidazole rings is 1. The highest BCUT2D eigenvalue weighted by molar-refractivity contribution is 7.97. The van der Waals surface area contributed by atoms with Crippen molar-refractivity contribution in [2.75, 3.05) is 32.4 Å². The highest BCUT2D eigenvalue weighted by Gasteiger charge is 2.24. The number of halogens is 1. The monoisotopic (exact) mass is 496 g/mol. The zero-order chi connectivity index (χ0) is 23.5. The first-order valence-electron chi connectivity index (χ1n) is 11.1. The second-order valence-electron chi connectivity index (χ2n) is 8.21. The topological polar surface area (TPSA) is 80.3 Å². The number of aromatic nitrogens is 4. The van der Waals surface area contributed by atoms with E-state index in [-0.39, 0.29) is 5.91 Å². The minimum atomic E-state index is 0.118. The van der Waals surface area contributed by atoms with Crippen molar-refractivity contribution in [3.63, 3.8) is 0 Å². The van der Waals surface area contributed by atoms with Crippen LogP contribution in [0, 0.1) is 0 Å². The number of hydrogen-bond acceptors (Lipinski definition) is 7. The van der Waals surface area contributed by atoms with E-state index in [0.717, 1.165) is 41.3 Å². The fourth-order valence-corrected chi connectivity index (χ4v) is 4.76. The Bertz CT molecular complexity index is 1280. The van der Waals surface area contributed by atoms with Crippen LogP contribution in [0.2, 0.25) is 5.02 Å². The number of carbonyl (C=O) groups is 1. The largest absolute Gasteiger partial charge is 0.339 e. The third-order valence-electron chi connectivity index (χ3n) is 5.95. The van der Waals surface area contributed by atoms with Crippen LogP contribution < -0.4 is 0 Å². The molecule has 0 spiro atoms. The molecule has 1 amide bonds. The van der Waals surface area contributed by atoms with Crippen molar-refractivity contribution in [3.05, 3.63) is 65.3 Å². The van der Waals surface area contributed by atoms with Gasteiger partial charge in [-0.1, -0.05) is 28.9 Å². The van der Waals surface area contributed by atoms with Crippen LogP contribution in [0.5, 0.6) is 0 Å². The van der Waals surface area contributed by atoms with Gasteiger partial charge in [-0.05, 0) is 42.7 Å². The van der Waals surface area contributed by atoms with E-state index < -0.39 is 0 Å². The summed E-state index contributed by atoms with van der Waals surface area (Å²) in [5, 5.41) is 4.75. The minimum Gasteiger partial charge on any atom is -0.339 e. The molecule has 0 unspecified atom stereocenters. The molecule has 1 aliphatic heterocycles. The van der Waals surface area contributed by atoms with Crippen molar-refractivity contribution < 1.29 is 9.32 Å². The lowest BCUT2D eigenvalue weighted by Gasteiger charge is -2.34. The highest BCUT2D eigenvalue weighted by Crippen LogP contribution is 2.21. The number of fused-ring (bicyclic) bond motifs is 1. The maximum atomic E-state index is 13.1. The molecule has 0 bridgehead atoms. The van der Waals surface area contributed by atoms with Gasteiger partial charge in [0, 0.05) is 36.8 Å². The third kappa shape index (κ3) is 4.96. The van der Waals surface area contributed by atoms with Gasteiger partial charge in [0.15, 0.2) is 0 Å². The summed E-state index contributed by atoms with van der Waals surface area (Å²) >= 11 is 7.66. The van der Waals surface area contributed by atoms with Gasteiger partial charge >= 0.3 is 0 Å². The lowest BCUT2D eigenvalue weighted by molar-refractivity contribution is -0.133. The van der Waals surface area contributed by atoms with E-state index in [9.17, 15) is 4.79 Å². The van der Waals surface area contributed by atoms with Crippen molar-refractivity contribution in [1.29, 1.82) is 0 Å². The predicted molar refractivity (Wildman–Crippen MR) is 134 cm³/mol. The first-order chi connectivity index (χ1) is 16.6. The van der Waals surface area contributed by atoms with Crippen molar-refractivity contribution in [3.8, 4) is 11.4 Å². The van der Waals surface area contributed by atoms with Crippen molar-refractivity contribution in [2.24, 2.45) is 0 Å². The molecule has 10 heteroatoms. The average Bonchev–Trinajstić information content (AvgIpc) is 3.45. The highest BCUT2D eigenvalue weighted by atomic mass is 35.5. The fraction of sp³-hybridized carbons (Fsp3) is 0.333. The molecule has 176 valence electrons. The SMILES string of the molecule is CSCc1nc2ccccc2n1CC(=O)N1CCN(Cc2nc(-c3ccc(Cl)cc3)no2)CC1. The van der Waals surface area contributed by atoms with E-state index in [1.54, 1.807) is 23.9 Å². The number of thioether (sulfide) groups is 1. The number of rotatable bonds is 7. The number of nitrogens with zero attached hydrogens (tertiary/aromatic N) is 6. The van der Waals surface area contributed by atoms with Crippen LogP contribution in [-0.2, 0) is 23.6 Å². The Hall–Kier alpha value is -2.88. The quantitative estimate of drug-likeness (QED) is 0.383. The lowest BCUT2D eigenvalue weighted by atomic mass is 10.2. The van der Waals surface area contributed by atoms with Crippen LogP contribution in [0.25, 0.3) is 22.4 Å². The summed E-state index contributed by atoms with van der Waals surface area (Å²) in [7, 11) is 0. The normalized spacial score (nSPS) is 14.7. The summed E-state index contributed by atoms with van der Waals surface area (Å²) in [6.45, 7) is 3.72. The van der Waals surface area contributed by atoms with Crippen LogP contribution in [0.4, 0.5) is 0 Å². The first kappa shape index (κ1) is 22.9. The molecule has 3 heterocycles. The zero-order valence-corrected chi connectivity index (χ0v) is 20.4. The fourth-order valence-electron chi connectivity index (χ4n) is 4.16. The van der Waals surface area contributed by atoms with Gasteiger partial charge in [-0.3, -0.25) is 9.69 Å². The van der Waals surface area contributed by atoms with Gasteiger partial charge in [0.1, 0.15) is 12.4 Å². The molecule has 2 aromatic carbocycles. The molecule has 0 N–H and O–H groups in total. The molecule has 2 aromatic heterocycles. The molecule has 1 fully saturated rings. The molecule has 1 aliphatic rings. The molecule has 0 atom stereocenters. The number of hydrogen-bond donors (Lipinski definition) is 0. The van der Waals surface area contributed by atoms with Crippen LogP contribution in [0.15, 0.2) is 53.1 Å². The van der Waals surface area contributed by atoms with Crippen molar-refractivity contribution in [1.82, 2.24) is 29.5 Å². The number of benzene rings is 2. The number of para-hydroxylation sites is 2. The van der Waals surface area contributed by atoms with Gasteiger partial charge < -0.3 is 14.0 Å². The maximum Gasteiger partial charge on any atom is 0.242 e. The molecule has 34 heavy (non-hydrogen) atoms. The number of piperazine rings is 1. The van der Waals surface area contributed by atoms with Gasteiger partial charge in [-0.2, -0.15) is 16.7 Å². The van der Waals surface area contributed by atoms with E-state index in [0.29, 0.717) is 42.9 Å². The lowest BCUT2D eigenvalue weighted by Crippen LogP contribution is -2.49. The minimum absolute atomic E-state index is 0.118. The van der Waals surface area contributed by atoms with Gasteiger partial charge in [0.2, 0.25) is 17.6 Å². The smallest absolute Gasteiger partial charge is 0.242 e. The zero-order valence-electron chi connectivity index (χ0n) is 18.9. The van der Waals surface area contributed by atoms with E-state index in [2.05, 4.69) is 19.6 Å². The summed E-state index contributed by atoms with van der Waals surface area (Å²) in [4.78, 5) is 26.5. The van der Waals surface area contributed by atoms with Gasteiger partial charge in [-0.25, -0.2) is 4.98 Å². The van der Waals surface area contributed by atoms with Crippen molar-refractivity contribution in [2.45, 2.75) is 18.8 Å². The molecule has 0 aliphatic carbocycles. The average molecular weight is 497 g/mol. The molecular formula is C24H25ClN6O2S. The molecule has 0 radical (unpaired) electrons. The molecular weight excluding hydrogens is 472 g/mol. The van der Waals surface area contributed by atoms with E-state index in [4.69, 9.17) is 21.1 Å². The van der Waals surface area contributed by atoms with Gasteiger partial charge in [0.25, 0.3) is 0 Å². The van der Waals surface area contributed by atoms with Gasteiger partial charge in [0.05, 0.1) is 23.3 Å². The Kier molecular flexibility index (Phi) is 6.85. The van der Waals surface area contributed by atoms with Crippen LogP contribution >= 0.6 is 23.4 Å². The molecule has 8 nitrogen and oxygen atoms in total. The van der Waals surface area contributed by atoms with Crippen LogP contribution in [0.1, 0.15) is 11.7 Å². The van der Waals surface area contributed by atoms with E-state index in [1.807, 2.05) is 47.6 Å². The summed E-state index contributed by atoms with van der Waals surface area (Å²) < 4.78 is 7.50. The number of carbonyl (C=O) groups excluding carboxylic acids is 1. The second-order valence-corrected chi connectivity index (χ2v) is 9.51. The standard InChI is InChI=1S/C24H25ClN6O2S/c1-34-16-21-26-19-4-2-3-5-20(19)31(21)15-23(32)30-12-10-29(11-13-30)14-22-27-24(28-33-22)17-6-8-18(25)9-7-17/h2-9H,10-16H2,1H3. The maximum absolute atomic E-state index is 13.1. The van der Waals surface area contributed by atoms with Crippen molar-refractivity contribution >= 4 is 40.3 Å². The summed E-state index contributed by atoms with van der Waals surface area (Å²) in [5.41, 5.74) is 2.80. The Morgan fingerprint density at radius 2 is 1.82 bits per heavy atom. The molecule has 0 saturated carbocycles. The van der Waals surface area contributed by atoms with E-state index in [1.165, 1.54) is 0 Å². The van der Waals surface area contributed by atoms with Crippen LogP contribution in [-0.4, -0.2) is 67.8 Å². The second kappa shape index (κ2) is 10.2. The Morgan fingerprint density at radius 1 is 1.06 bits per heavy atom. The van der Waals surface area contributed by atoms with Crippen LogP contribution in [0.3, 0.4) is 0 Å². The first-order valence-corrected chi connectivity index (χ1v) is 12.9. The van der Waals surface area contributed by atoms with Gasteiger partial charge in [-0.15, -0.1) is 0 Å². The Balaban J connectivity index is 1.18. The Labute approximate surface area is 206 Å². The van der Waals surface area contributed by atoms with E-state index >= 15 is 0 Å². The summed E-state index contributed by atoms with van der Waals surface area (Å²) in [6.07, 6.45) is 2.05. The summed E-state index contributed by atoms with van der Waals surface area (Å²) in [5.74, 6) is 2.95. The molecule has 4 aromatic rings. The predicted octanol–water partition coefficient (Wildman–Crippen LogP) is 3.95. The summed E-state index contributed by atoms with van der Waals surface area (Å²) in [6, 6.07) is 15.3. The Morgan fingerprint density at radius 3 is 2.59 bits per heavy atom. The molecule has 5 rings (SSSR count). The molecule has 1 saturated heterocycles. The third-order valence-corrected chi connectivity index (χ3v) is 6.75. The number of amides is 1.